The highest BCUT2D eigenvalue weighted by Crippen LogP contribution is 2.34. The Morgan fingerprint density at radius 1 is 0.889 bits per heavy atom. The smallest absolute Gasteiger partial charge is 0.131 e. The fourth-order valence-electron chi connectivity index (χ4n) is 2.56. The second-order valence-corrected chi connectivity index (χ2v) is 4.87. The lowest BCUT2D eigenvalue weighted by Gasteiger charge is -2.09. The van der Waals surface area contributed by atoms with Gasteiger partial charge in [-0.2, -0.15) is 0 Å². The normalized spacial score (nSPS) is 16.1. The molecule has 0 aliphatic heterocycles. The summed E-state index contributed by atoms with van der Waals surface area (Å²) in [5, 5.41) is 16.0. The minimum Gasteiger partial charge on any atom is -0.131 e. The molecular formula is C14H16N4. The molecule has 3 rings (SSSR count). The lowest BCUT2D eigenvalue weighted by molar-refractivity contribution is 0.723. The molecule has 4 heteroatoms. The van der Waals surface area contributed by atoms with Crippen LogP contribution in [0.2, 0.25) is 0 Å². The highest BCUT2D eigenvalue weighted by atomic mass is 15.3. The quantitative estimate of drug-likeness (QED) is 0.810. The first-order chi connectivity index (χ1) is 8.83. The maximum Gasteiger partial charge on any atom is 0.203 e. The van der Waals surface area contributed by atoms with Gasteiger partial charge in [0.2, 0.25) is 5.82 Å². The average Bonchev–Trinajstić information content (AvgIpc) is 2.94. The van der Waals surface area contributed by atoms with E-state index in [0.29, 0.717) is 11.6 Å². The van der Waals surface area contributed by atoms with Crippen molar-refractivity contribution < 1.29 is 0 Å². The van der Waals surface area contributed by atoms with Gasteiger partial charge in [-0.3, -0.25) is 0 Å². The molecule has 92 valence electrons. The van der Waals surface area contributed by atoms with Crippen molar-refractivity contribution in [3.63, 3.8) is 0 Å². The maximum atomic E-state index is 4.05. The molecule has 1 aliphatic carbocycles. The fourth-order valence-corrected chi connectivity index (χ4v) is 2.56. The number of rotatable bonds is 2. The van der Waals surface area contributed by atoms with Gasteiger partial charge >= 0.3 is 0 Å². The van der Waals surface area contributed by atoms with Crippen molar-refractivity contribution in [2.24, 2.45) is 0 Å². The molecule has 1 aromatic carbocycles. The van der Waals surface area contributed by atoms with Crippen molar-refractivity contribution in [3.05, 3.63) is 35.7 Å². The molecule has 2 aromatic rings. The van der Waals surface area contributed by atoms with Crippen LogP contribution in [0, 0.1) is 6.92 Å². The molecule has 1 heterocycles. The van der Waals surface area contributed by atoms with Crippen LogP contribution in [0.25, 0.3) is 11.4 Å². The molecule has 0 amide bonds. The van der Waals surface area contributed by atoms with Crippen LogP contribution in [-0.4, -0.2) is 20.4 Å². The number of hydrogen-bond acceptors (Lipinski definition) is 4. The monoisotopic (exact) mass is 240 g/mol. The van der Waals surface area contributed by atoms with Gasteiger partial charge in [0.1, 0.15) is 0 Å². The Balaban J connectivity index is 1.84. The third-order valence-electron chi connectivity index (χ3n) is 3.57. The Hall–Kier alpha value is -1.84. The summed E-state index contributed by atoms with van der Waals surface area (Å²) in [7, 11) is 0. The molecule has 1 aromatic heterocycles. The zero-order valence-electron chi connectivity index (χ0n) is 10.5. The third kappa shape index (κ3) is 2.23. The largest absolute Gasteiger partial charge is 0.203 e. The van der Waals surface area contributed by atoms with Gasteiger partial charge < -0.3 is 0 Å². The summed E-state index contributed by atoms with van der Waals surface area (Å²) < 4.78 is 0. The Bertz CT molecular complexity index is 512. The van der Waals surface area contributed by atoms with E-state index in [4.69, 9.17) is 0 Å². The molecule has 0 radical (unpaired) electrons. The molecule has 0 unspecified atom stereocenters. The fraction of sp³-hybridized carbons (Fsp3) is 0.429. The first-order valence-electron chi connectivity index (χ1n) is 6.47. The first-order valence-corrected chi connectivity index (χ1v) is 6.47. The van der Waals surface area contributed by atoms with E-state index >= 15 is 0 Å². The molecule has 1 aliphatic rings. The zero-order chi connectivity index (χ0) is 12.4. The molecular weight excluding hydrogens is 224 g/mol. The molecule has 0 N–H and O–H groups in total. The summed E-state index contributed by atoms with van der Waals surface area (Å²) in [6.45, 7) is 1.78. The predicted octanol–water partition coefficient (Wildman–Crippen LogP) is 2.90. The van der Waals surface area contributed by atoms with Gasteiger partial charge in [-0.05, 0) is 31.2 Å². The standard InChI is InChI=1S/C14H16N4/c1-10-15-17-14(18-16-10)13-8-6-12(7-9-13)11-4-2-3-5-11/h6-9,11H,2-5H2,1H3. The van der Waals surface area contributed by atoms with Gasteiger partial charge in [0, 0.05) is 5.56 Å². The Kier molecular flexibility index (Phi) is 3.00. The van der Waals surface area contributed by atoms with Crippen LogP contribution >= 0.6 is 0 Å². The minimum absolute atomic E-state index is 0.596. The molecule has 0 spiro atoms. The highest BCUT2D eigenvalue weighted by molar-refractivity contribution is 5.54. The number of aryl methyl sites for hydroxylation is 1. The summed E-state index contributed by atoms with van der Waals surface area (Å²) in [5.41, 5.74) is 2.42. The van der Waals surface area contributed by atoms with Crippen LogP contribution in [0.5, 0.6) is 0 Å². The average molecular weight is 240 g/mol. The van der Waals surface area contributed by atoms with Gasteiger partial charge in [-0.25, -0.2) is 0 Å². The lowest BCUT2D eigenvalue weighted by Crippen LogP contribution is -1.99. The summed E-state index contributed by atoms with van der Waals surface area (Å²) in [6, 6.07) is 8.52. The summed E-state index contributed by atoms with van der Waals surface area (Å²) in [6.07, 6.45) is 5.37. The number of nitrogens with zero attached hydrogens (tertiary/aromatic N) is 4. The molecule has 4 nitrogen and oxygen atoms in total. The van der Waals surface area contributed by atoms with Crippen LogP contribution in [-0.2, 0) is 0 Å². The van der Waals surface area contributed by atoms with Crippen LogP contribution in [0.3, 0.4) is 0 Å². The van der Waals surface area contributed by atoms with Gasteiger partial charge in [0.25, 0.3) is 0 Å². The van der Waals surface area contributed by atoms with E-state index in [1.54, 1.807) is 6.92 Å². The number of hydrogen-bond donors (Lipinski definition) is 0. The summed E-state index contributed by atoms with van der Waals surface area (Å²) in [4.78, 5) is 0. The van der Waals surface area contributed by atoms with Crippen molar-refractivity contribution in [3.8, 4) is 11.4 Å². The highest BCUT2D eigenvalue weighted by Gasteiger charge is 2.16. The van der Waals surface area contributed by atoms with E-state index in [-0.39, 0.29) is 0 Å². The van der Waals surface area contributed by atoms with Gasteiger partial charge in [0.05, 0.1) is 0 Å². The Morgan fingerprint density at radius 2 is 1.50 bits per heavy atom. The SMILES string of the molecule is Cc1nnc(-c2ccc(C3CCCC3)cc2)nn1. The van der Waals surface area contributed by atoms with Crippen LogP contribution < -0.4 is 0 Å². The molecule has 0 bridgehead atoms. The van der Waals surface area contributed by atoms with Gasteiger partial charge in [-0.1, -0.05) is 37.1 Å². The minimum atomic E-state index is 0.596. The molecule has 0 atom stereocenters. The topological polar surface area (TPSA) is 51.6 Å². The van der Waals surface area contributed by atoms with Crippen molar-refractivity contribution >= 4 is 0 Å². The molecule has 18 heavy (non-hydrogen) atoms. The first kappa shape index (κ1) is 11.3. The van der Waals surface area contributed by atoms with E-state index < -0.39 is 0 Å². The lowest BCUT2D eigenvalue weighted by atomic mass is 9.97. The third-order valence-corrected chi connectivity index (χ3v) is 3.57. The van der Waals surface area contributed by atoms with Crippen LogP contribution in [0.15, 0.2) is 24.3 Å². The maximum absolute atomic E-state index is 4.05. The van der Waals surface area contributed by atoms with Crippen molar-refractivity contribution in [2.45, 2.75) is 38.5 Å². The van der Waals surface area contributed by atoms with Crippen LogP contribution in [0.4, 0.5) is 0 Å². The molecule has 0 saturated heterocycles. The van der Waals surface area contributed by atoms with E-state index in [2.05, 4.69) is 44.7 Å². The number of benzene rings is 1. The van der Waals surface area contributed by atoms with Crippen molar-refractivity contribution in [1.82, 2.24) is 20.4 Å². The second kappa shape index (κ2) is 4.80. The van der Waals surface area contributed by atoms with E-state index in [9.17, 15) is 0 Å². The zero-order valence-corrected chi connectivity index (χ0v) is 10.5. The number of aromatic nitrogens is 4. The van der Waals surface area contributed by atoms with Crippen molar-refractivity contribution in [2.75, 3.05) is 0 Å². The molecule has 1 fully saturated rings. The predicted molar refractivity (Wildman–Crippen MR) is 69.0 cm³/mol. The van der Waals surface area contributed by atoms with Gasteiger partial charge in [0.15, 0.2) is 5.82 Å². The van der Waals surface area contributed by atoms with E-state index in [0.717, 1.165) is 11.5 Å². The summed E-state index contributed by atoms with van der Waals surface area (Å²) >= 11 is 0. The Labute approximate surface area is 106 Å². The summed E-state index contributed by atoms with van der Waals surface area (Å²) in [5.74, 6) is 1.94. The van der Waals surface area contributed by atoms with Crippen LogP contribution in [0.1, 0.15) is 43.0 Å². The molecule has 1 saturated carbocycles. The van der Waals surface area contributed by atoms with Gasteiger partial charge in [-0.15, -0.1) is 20.4 Å². The van der Waals surface area contributed by atoms with Crippen molar-refractivity contribution in [1.29, 1.82) is 0 Å². The van der Waals surface area contributed by atoms with E-state index in [1.165, 1.54) is 31.2 Å². The van der Waals surface area contributed by atoms with E-state index in [1.807, 2.05) is 0 Å². The second-order valence-electron chi connectivity index (χ2n) is 4.87. The Morgan fingerprint density at radius 3 is 2.11 bits per heavy atom.